The molecule has 0 spiro atoms. The Kier molecular flexibility index (Phi) is 1.71. The van der Waals surface area contributed by atoms with Crippen LogP contribution in [0.4, 0.5) is 0 Å². The van der Waals surface area contributed by atoms with Crippen LogP contribution in [-0.4, -0.2) is 23.7 Å². The van der Waals surface area contributed by atoms with Gasteiger partial charge in [-0.1, -0.05) is 6.08 Å². The van der Waals surface area contributed by atoms with Crippen LogP contribution in [0.5, 0.6) is 0 Å². The van der Waals surface area contributed by atoms with Crippen molar-refractivity contribution in [3.63, 3.8) is 0 Å². The first-order valence-electron chi connectivity index (χ1n) is 2.82. The molecule has 0 fully saturated rings. The Morgan fingerprint density at radius 1 is 1.70 bits per heavy atom. The summed E-state index contributed by atoms with van der Waals surface area (Å²) in [5.41, 5.74) is -0.258. The Morgan fingerprint density at radius 3 is 2.80 bits per heavy atom. The Balaban J connectivity index is 2.81. The van der Waals surface area contributed by atoms with Crippen molar-refractivity contribution in [2.45, 2.75) is 6.42 Å². The Hall–Kier alpha value is -1.32. The molecule has 0 aliphatic carbocycles. The predicted octanol–water partition coefficient (Wildman–Crippen LogP) is -0.0557. The van der Waals surface area contributed by atoms with Gasteiger partial charge in [0.1, 0.15) is 5.57 Å². The van der Waals surface area contributed by atoms with Crippen molar-refractivity contribution >= 4 is 11.9 Å². The predicted molar refractivity (Wildman–Crippen MR) is 31.3 cm³/mol. The molecule has 1 heterocycles. The van der Waals surface area contributed by atoms with E-state index in [-0.39, 0.29) is 12.2 Å². The van der Waals surface area contributed by atoms with Crippen LogP contribution in [0.3, 0.4) is 0 Å². The van der Waals surface area contributed by atoms with Crippen molar-refractivity contribution in [3.05, 3.63) is 11.6 Å². The molecule has 0 aromatic rings. The molecule has 0 radical (unpaired) electrons. The highest BCUT2D eigenvalue weighted by Crippen LogP contribution is 2.06. The van der Waals surface area contributed by atoms with E-state index in [1.54, 1.807) is 0 Å². The van der Waals surface area contributed by atoms with Crippen molar-refractivity contribution in [3.8, 4) is 0 Å². The number of esters is 1. The van der Waals surface area contributed by atoms with Gasteiger partial charge in [0.15, 0.2) is 0 Å². The van der Waals surface area contributed by atoms with Crippen molar-refractivity contribution < 1.29 is 19.4 Å². The van der Waals surface area contributed by atoms with Crippen LogP contribution in [0.25, 0.3) is 0 Å². The third-order valence-corrected chi connectivity index (χ3v) is 1.15. The molecule has 4 nitrogen and oxygen atoms in total. The zero-order chi connectivity index (χ0) is 7.56. The Labute approximate surface area is 57.1 Å². The number of hydrogen-bond acceptors (Lipinski definition) is 3. The van der Waals surface area contributed by atoms with Crippen LogP contribution in [0, 0.1) is 0 Å². The molecule has 1 aliphatic heterocycles. The summed E-state index contributed by atoms with van der Waals surface area (Å²) in [6.07, 6.45) is 1.86. The van der Waals surface area contributed by atoms with Gasteiger partial charge in [0, 0.05) is 6.42 Å². The van der Waals surface area contributed by atoms with Crippen LogP contribution in [-0.2, 0) is 14.3 Å². The molecule has 1 N–H and O–H groups in total. The fourth-order valence-electron chi connectivity index (χ4n) is 0.691. The molecule has 0 aromatic carbocycles. The highest BCUT2D eigenvalue weighted by atomic mass is 16.5. The van der Waals surface area contributed by atoms with Gasteiger partial charge in [-0.3, -0.25) is 0 Å². The van der Waals surface area contributed by atoms with Crippen LogP contribution in [0.1, 0.15) is 6.42 Å². The number of carboxylic acids is 1. The van der Waals surface area contributed by atoms with E-state index in [0.29, 0.717) is 6.42 Å². The summed E-state index contributed by atoms with van der Waals surface area (Å²) < 4.78 is 4.46. The van der Waals surface area contributed by atoms with E-state index in [1.165, 1.54) is 6.08 Å². The molecule has 4 heteroatoms. The minimum atomic E-state index is -1.22. The normalized spacial score (nSPS) is 17.6. The van der Waals surface area contributed by atoms with E-state index < -0.39 is 11.9 Å². The van der Waals surface area contributed by atoms with E-state index in [9.17, 15) is 9.59 Å². The summed E-state index contributed by atoms with van der Waals surface area (Å²) in [5, 5.41) is 8.34. The second kappa shape index (κ2) is 2.51. The van der Waals surface area contributed by atoms with Gasteiger partial charge in [-0.15, -0.1) is 0 Å². The van der Waals surface area contributed by atoms with Gasteiger partial charge >= 0.3 is 11.9 Å². The lowest BCUT2D eigenvalue weighted by Gasteiger charge is -2.08. The molecule has 0 unspecified atom stereocenters. The second-order valence-electron chi connectivity index (χ2n) is 1.85. The van der Waals surface area contributed by atoms with Gasteiger partial charge in [0.25, 0.3) is 0 Å². The van der Waals surface area contributed by atoms with Crippen molar-refractivity contribution in [2.75, 3.05) is 6.61 Å². The average Bonchev–Trinajstić information content (AvgIpc) is 1.88. The number of cyclic esters (lactones) is 1. The van der Waals surface area contributed by atoms with Crippen LogP contribution < -0.4 is 0 Å². The van der Waals surface area contributed by atoms with Crippen molar-refractivity contribution in [1.82, 2.24) is 0 Å². The first-order valence-corrected chi connectivity index (χ1v) is 2.82. The summed E-state index contributed by atoms with van der Waals surface area (Å²) >= 11 is 0. The number of carbonyl (C=O) groups is 2. The van der Waals surface area contributed by atoms with Crippen LogP contribution in [0.2, 0.25) is 0 Å². The third kappa shape index (κ3) is 1.15. The van der Waals surface area contributed by atoms with Gasteiger partial charge in [-0.05, 0) is 0 Å². The lowest BCUT2D eigenvalue weighted by molar-refractivity contribution is -0.145. The van der Waals surface area contributed by atoms with Crippen LogP contribution >= 0.6 is 0 Å². The van der Waals surface area contributed by atoms with E-state index >= 15 is 0 Å². The summed E-state index contributed by atoms with van der Waals surface area (Å²) in [4.78, 5) is 20.8. The number of rotatable bonds is 1. The van der Waals surface area contributed by atoms with Gasteiger partial charge in [0.05, 0.1) is 6.61 Å². The smallest absolute Gasteiger partial charge is 0.345 e. The maximum absolute atomic E-state index is 10.6. The molecule has 1 rings (SSSR count). The van der Waals surface area contributed by atoms with Crippen molar-refractivity contribution in [2.24, 2.45) is 0 Å². The van der Waals surface area contributed by atoms with Gasteiger partial charge < -0.3 is 9.84 Å². The molecular formula is C6H6O4. The Morgan fingerprint density at radius 2 is 2.40 bits per heavy atom. The molecule has 10 heavy (non-hydrogen) atoms. The molecular weight excluding hydrogens is 136 g/mol. The van der Waals surface area contributed by atoms with E-state index in [0.717, 1.165) is 0 Å². The average molecular weight is 142 g/mol. The second-order valence-corrected chi connectivity index (χ2v) is 1.85. The lowest BCUT2D eigenvalue weighted by Crippen LogP contribution is -2.19. The number of carboxylic acid groups (broad SMARTS) is 1. The highest BCUT2D eigenvalue weighted by Gasteiger charge is 2.20. The maximum atomic E-state index is 10.6. The minimum absolute atomic E-state index is 0.258. The molecule has 0 saturated heterocycles. The molecule has 0 atom stereocenters. The molecule has 54 valence electrons. The number of hydrogen-bond donors (Lipinski definition) is 1. The van der Waals surface area contributed by atoms with Crippen molar-refractivity contribution in [1.29, 1.82) is 0 Å². The minimum Gasteiger partial charge on any atom is -0.477 e. The van der Waals surface area contributed by atoms with Gasteiger partial charge in [-0.2, -0.15) is 0 Å². The lowest BCUT2D eigenvalue weighted by atomic mass is 10.2. The summed E-state index contributed by atoms with van der Waals surface area (Å²) in [7, 11) is 0. The van der Waals surface area contributed by atoms with E-state index in [2.05, 4.69) is 4.74 Å². The fourth-order valence-corrected chi connectivity index (χ4v) is 0.691. The quantitative estimate of drug-likeness (QED) is 0.411. The number of carbonyl (C=O) groups excluding carboxylic acids is 1. The van der Waals surface area contributed by atoms with Crippen LogP contribution in [0.15, 0.2) is 11.6 Å². The monoisotopic (exact) mass is 142 g/mol. The largest absolute Gasteiger partial charge is 0.477 e. The zero-order valence-corrected chi connectivity index (χ0v) is 5.16. The molecule has 0 bridgehead atoms. The summed E-state index contributed by atoms with van der Waals surface area (Å²) in [5.74, 6) is -1.96. The number of ether oxygens (including phenoxy) is 1. The first kappa shape index (κ1) is 6.80. The number of aliphatic carboxylic acids is 1. The first-order chi connectivity index (χ1) is 4.72. The third-order valence-electron chi connectivity index (χ3n) is 1.15. The highest BCUT2D eigenvalue weighted by molar-refractivity contribution is 6.13. The van der Waals surface area contributed by atoms with Gasteiger partial charge in [0.2, 0.25) is 0 Å². The Bertz CT molecular complexity index is 204. The standard InChI is InChI=1S/C6H6O4/c7-5(8)4-2-1-3-10-6(4)9/h2H,1,3H2,(H,7,8). The molecule has 0 amide bonds. The maximum Gasteiger partial charge on any atom is 0.345 e. The summed E-state index contributed by atoms with van der Waals surface area (Å²) in [6.45, 7) is 0.287. The zero-order valence-electron chi connectivity index (χ0n) is 5.16. The fraction of sp³-hybridized carbons (Fsp3) is 0.333. The summed E-state index contributed by atoms with van der Waals surface area (Å²) in [6, 6.07) is 0. The van der Waals surface area contributed by atoms with E-state index in [4.69, 9.17) is 5.11 Å². The van der Waals surface area contributed by atoms with E-state index in [1.807, 2.05) is 0 Å². The SMILES string of the molecule is O=C(O)C1=CCCOC1=O. The molecule has 0 aromatic heterocycles. The molecule has 1 aliphatic rings. The topological polar surface area (TPSA) is 63.6 Å². The van der Waals surface area contributed by atoms with Gasteiger partial charge in [-0.25, -0.2) is 9.59 Å². The molecule has 0 saturated carbocycles.